The van der Waals surface area contributed by atoms with E-state index in [2.05, 4.69) is 15.4 Å². The highest BCUT2D eigenvalue weighted by Gasteiger charge is 2.14. The maximum absolute atomic E-state index is 13.3. The van der Waals surface area contributed by atoms with Gasteiger partial charge in [-0.1, -0.05) is 6.07 Å². The number of carbonyl (C=O) groups excluding carboxylic acids is 1. The molecule has 0 saturated heterocycles. The van der Waals surface area contributed by atoms with Gasteiger partial charge in [0.15, 0.2) is 5.82 Å². The Morgan fingerprint density at radius 3 is 2.65 bits per heavy atom. The van der Waals surface area contributed by atoms with Crippen LogP contribution in [0.3, 0.4) is 0 Å². The lowest BCUT2D eigenvalue weighted by Crippen LogP contribution is -2.23. The second-order valence-corrected chi connectivity index (χ2v) is 6.79. The Bertz CT molecular complexity index is 1210. The predicted octanol–water partition coefficient (Wildman–Crippen LogP) is 4.82. The molecule has 0 fully saturated rings. The Morgan fingerprint density at radius 1 is 1.10 bits per heavy atom. The maximum Gasteiger partial charge on any atom is 0.251 e. The molecule has 0 bridgehead atoms. The van der Waals surface area contributed by atoms with Gasteiger partial charge in [-0.2, -0.15) is 5.10 Å². The highest BCUT2D eigenvalue weighted by atomic mass is 19.1. The number of ether oxygens (including phenoxy) is 1. The summed E-state index contributed by atoms with van der Waals surface area (Å²) < 4.78 is 34.3. The van der Waals surface area contributed by atoms with Gasteiger partial charge in [-0.05, 0) is 48.9 Å². The number of hydrogen-bond donors (Lipinski definition) is 1. The van der Waals surface area contributed by atoms with Crippen LogP contribution in [0.5, 0.6) is 11.5 Å². The fourth-order valence-corrected chi connectivity index (χ4v) is 3.08. The molecule has 4 rings (SSSR count). The van der Waals surface area contributed by atoms with Crippen LogP contribution in [0, 0.1) is 18.6 Å². The maximum atomic E-state index is 13.3. The van der Waals surface area contributed by atoms with Crippen molar-refractivity contribution in [3.63, 3.8) is 0 Å². The summed E-state index contributed by atoms with van der Waals surface area (Å²) in [5.41, 5.74) is 1.36. The third kappa shape index (κ3) is 4.75. The molecule has 2 aromatic carbocycles. The summed E-state index contributed by atoms with van der Waals surface area (Å²) >= 11 is 0. The molecule has 0 aliphatic rings. The minimum Gasteiger partial charge on any atom is -0.457 e. The Labute approximate surface area is 178 Å². The van der Waals surface area contributed by atoms with E-state index in [-0.39, 0.29) is 13.9 Å². The topological polar surface area (TPSA) is 69.0 Å². The SMILES string of the molecule is Cc1c(Oc2ccnc(-n3cccn3)c2)cccc1C(=O)NCc1cc(F)cc(F)c1.[HH]. The summed E-state index contributed by atoms with van der Waals surface area (Å²) in [6, 6.07) is 13.5. The summed E-state index contributed by atoms with van der Waals surface area (Å²) in [4.78, 5) is 16.9. The number of pyridine rings is 1. The van der Waals surface area contributed by atoms with E-state index >= 15 is 0 Å². The number of rotatable bonds is 6. The molecule has 1 amide bonds. The molecule has 0 atom stereocenters. The molecule has 0 spiro atoms. The summed E-state index contributed by atoms with van der Waals surface area (Å²) in [6.45, 7) is 1.76. The zero-order valence-electron chi connectivity index (χ0n) is 16.5. The molecule has 0 aliphatic heterocycles. The Kier molecular flexibility index (Phi) is 5.70. The van der Waals surface area contributed by atoms with E-state index < -0.39 is 11.6 Å². The van der Waals surface area contributed by atoms with Crippen molar-refractivity contribution in [2.24, 2.45) is 0 Å². The lowest BCUT2D eigenvalue weighted by atomic mass is 10.1. The average molecular weight is 422 g/mol. The summed E-state index contributed by atoms with van der Waals surface area (Å²) in [5.74, 6) is -0.125. The third-order valence-corrected chi connectivity index (χ3v) is 4.59. The van der Waals surface area contributed by atoms with Crippen molar-refractivity contribution < 1.29 is 19.7 Å². The van der Waals surface area contributed by atoms with Crippen molar-refractivity contribution in [2.75, 3.05) is 0 Å². The van der Waals surface area contributed by atoms with Crippen molar-refractivity contribution in [3.05, 3.63) is 102 Å². The molecule has 0 unspecified atom stereocenters. The lowest BCUT2D eigenvalue weighted by Gasteiger charge is -2.13. The van der Waals surface area contributed by atoms with Crippen molar-refractivity contribution in [1.29, 1.82) is 0 Å². The smallest absolute Gasteiger partial charge is 0.251 e. The number of halogens is 2. The number of aromatic nitrogens is 3. The van der Waals surface area contributed by atoms with Gasteiger partial charge in [0.25, 0.3) is 5.91 Å². The molecule has 1 N–H and O–H groups in total. The average Bonchev–Trinajstić information content (AvgIpc) is 3.28. The van der Waals surface area contributed by atoms with Crippen molar-refractivity contribution in [1.82, 2.24) is 20.1 Å². The van der Waals surface area contributed by atoms with Gasteiger partial charge >= 0.3 is 0 Å². The number of nitrogens with one attached hydrogen (secondary N) is 1. The van der Waals surface area contributed by atoms with Crippen LogP contribution in [0.1, 0.15) is 22.9 Å². The van der Waals surface area contributed by atoms with Gasteiger partial charge in [0, 0.05) is 49.8 Å². The van der Waals surface area contributed by atoms with E-state index in [4.69, 9.17) is 4.74 Å². The third-order valence-electron chi connectivity index (χ3n) is 4.59. The predicted molar refractivity (Wildman–Crippen MR) is 112 cm³/mol. The monoisotopic (exact) mass is 422 g/mol. The number of benzene rings is 2. The number of hydrogen-bond acceptors (Lipinski definition) is 4. The van der Waals surface area contributed by atoms with Gasteiger partial charge in [0.05, 0.1) is 0 Å². The van der Waals surface area contributed by atoms with E-state index in [1.54, 1.807) is 66.6 Å². The van der Waals surface area contributed by atoms with E-state index in [1.165, 1.54) is 12.1 Å². The summed E-state index contributed by atoms with van der Waals surface area (Å²) in [7, 11) is 0. The Morgan fingerprint density at radius 2 is 1.90 bits per heavy atom. The van der Waals surface area contributed by atoms with E-state index in [0.29, 0.717) is 34.0 Å². The second kappa shape index (κ2) is 8.74. The first-order valence-electron chi connectivity index (χ1n) is 9.46. The normalized spacial score (nSPS) is 10.7. The van der Waals surface area contributed by atoms with Gasteiger partial charge in [-0.3, -0.25) is 4.79 Å². The van der Waals surface area contributed by atoms with Gasteiger partial charge in [0.1, 0.15) is 23.1 Å². The van der Waals surface area contributed by atoms with E-state index in [1.807, 2.05) is 0 Å². The largest absolute Gasteiger partial charge is 0.457 e. The van der Waals surface area contributed by atoms with Crippen LogP contribution < -0.4 is 10.1 Å². The van der Waals surface area contributed by atoms with Crippen LogP contribution >= 0.6 is 0 Å². The standard InChI is InChI=1S/C23H18F2N4O2.H2/c1-15-20(23(30)27-14-16-10-17(24)12-18(25)11-16)4-2-5-21(15)31-19-6-8-26-22(13-19)29-9-3-7-28-29;/h2-13H,14H2,1H3,(H,27,30);1H. The Hall–Kier alpha value is -4.07. The quantitative estimate of drug-likeness (QED) is 0.484. The molecule has 158 valence electrons. The second-order valence-electron chi connectivity index (χ2n) is 6.79. The first kappa shape index (κ1) is 20.2. The zero-order chi connectivity index (χ0) is 21.8. The molecule has 31 heavy (non-hydrogen) atoms. The molecule has 4 aromatic rings. The fraction of sp³-hybridized carbons (Fsp3) is 0.0870. The van der Waals surface area contributed by atoms with Crippen LogP contribution in [-0.4, -0.2) is 20.7 Å². The molecule has 8 heteroatoms. The van der Waals surface area contributed by atoms with Crippen molar-refractivity contribution in [2.45, 2.75) is 13.5 Å². The van der Waals surface area contributed by atoms with E-state index in [9.17, 15) is 13.6 Å². The molecular formula is C23H20F2N4O2. The van der Waals surface area contributed by atoms with Gasteiger partial charge < -0.3 is 10.1 Å². The summed E-state index contributed by atoms with van der Waals surface area (Å²) in [5, 5.41) is 6.82. The van der Waals surface area contributed by atoms with Crippen molar-refractivity contribution >= 4 is 5.91 Å². The number of nitrogens with zero attached hydrogens (tertiary/aromatic N) is 3. The molecule has 0 radical (unpaired) electrons. The molecule has 2 aromatic heterocycles. The molecular weight excluding hydrogens is 402 g/mol. The summed E-state index contributed by atoms with van der Waals surface area (Å²) in [6.07, 6.45) is 5.03. The van der Waals surface area contributed by atoms with E-state index in [0.717, 1.165) is 6.07 Å². The van der Waals surface area contributed by atoms with Gasteiger partial charge in [-0.25, -0.2) is 18.4 Å². The van der Waals surface area contributed by atoms with Crippen LogP contribution in [-0.2, 0) is 6.54 Å². The molecule has 2 heterocycles. The van der Waals surface area contributed by atoms with Crippen LogP contribution in [0.15, 0.2) is 73.2 Å². The Balaban J connectivity index is 0.00000289. The zero-order valence-corrected chi connectivity index (χ0v) is 16.5. The number of carbonyl (C=O) groups is 1. The first-order chi connectivity index (χ1) is 15.0. The van der Waals surface area contributed by atoms with Gasteiger partial charge in [-0.15, -0.1) is 0 Å². The minimum atomic E-state index is -0.692. The minimum absolute atomic E-state index is 0. The van der Waals surface area contributed by atoms with Crippen LogP contribution in [0.4, 0.5) is 8.78 Å². The van der Waals surface area contributed by atoms with Gasteiger partial charge in [0.2, 0.25) is 0 Å². The fourth-order valence-electron chi connectivity index (χ4n) is 3.08. The van der Waals surface area contributed by atoms with Crippen molar-refractivity contribution in [3.8, 4) is 17.3 Å². The molecule has 6 nitrogen and oxygen atoms in total. The lowest BCUT2D eigenvalue weighted by molar-refractivity contribution is 0.0950. The highest BCUT2D eigenvalue weighted by molar-refractivity contribution is 5.96. The highest BCUT2D eigenvalue weighted by Crippen LogP contribution is 2.28. The number of amides is 1. The molecule has 0 saturated carbocycles. The van der Waals surface area contributed by atoms with Crippen LogP contribution in [0.25, 0.3) is 5.82 Å². The van der Waals surface area contributed by atoms with Crippen LogP contribution in [0.2, 0.25) is 0 Å². The molecule has 0 aliphatic carbocycles. The first-order valence-corrected chi connectivity index (χ1v) is 9.46.